The second kappa shape index (κ2) is 15.9. The van der Waals surface area contributed by atoms with Gasteiger partial charge in [0, 0.05) is 26.8 Å². The molecular weight excluding hydrogens is 470 g/mol. The molecule has 0 aromatic heterocycles. The highest BCUT2D eigenvalue weighted by molar-refractivity contribution is 8.14. The zero-order valence-electron chi connectivity index (χ0n) is 21.1. The highest BCUT2D eigenvalue weighted by Gasteiger charge is 2.30. The number of amides is 3. The van der Waals surface area contributed by atoms with E-state index < -0.39 is 35.1 Å². The molecule has 0 heterocycles. The summed E-state index contributed by atoms with van der Waals surface area (Å²) in [5.41, 5.74) is 0.884. The van der Waals surface area contributed by atoms with Crippen molar-refractivity contribution in [1.82, 2.24) is 16.0 Å². The maximum absolute atomic E-state index is 13.2. The van der Waals surface area contributed by atoms with Crippen LogP contribution in [0.4, 0.5) is 0 Å². The van der Waals surface area contributed by atoms with Crippen LogP contribution in [0, 0.1) is 5.92 Å². The summed E-state index contributed by atoms with van der Waals surface area (Å²) in [6.45, 7) is 5.21. The molecule has 1 aromatic rings. The summed E-state index contributed by atoms with van der Waals surface area (Å²) in [6, 6.07) is 7.61. The first kappa shape index (κ1) is 30.2. The summed E-state index contributed by atoms with van der Waals surface area (Å²) in [5, 5.41) is 7.11. The number of esters is 1. The summed E-state index contributed by atoms with van der Waals surface area (Å²) in [6.07, 6.45) is 1.41. The quantitative estimate of drug-likeness (QED) is 0.328. The number of carbonyl (C=O) groups is 5. The van der Waals surface area contributed by atoms with Gasteiger partial charge in [0.1, 0.15) is 12.1 Å². The maximum atomic E-state index is 13.2. The molecule has 9 nitrogen and oxygen atoms in total. The lowest BCUT2D eigenvalue weighted by Crippen LogP contribution is -2.55. The van der Waals surface area contributed by atoms with Gasteiger partial charge in [0.15, 0.2) is 5.12 Å². The van der Waals surface area contributed by atoms with Gasteiger partial charge in [-0.1, -0.05) is 55.9 Å². The van der Waals surface area contributed by atoms with Gasteiger partial charge < -0.3 is 20.7 Å². The van der Waals surface area contributed by atoms with E-state index in [1.165, 1.54) is 21.1 Å². The molecule has 3 amide bonds. The minimum absolute atomic E-state index is 0.0804. The Kier molecular flexibility index (Phi) is 13.7. The first-order valence-corrected chi connectivity index (χ1v) is 12.6. The third kappa shape index (κ3) is 11.9. The topological polar surface area (TPSA) is 131 Å². The second-order valence-electron chi connectivity index (χ2n) is 8.62. The van der Waals surface area contributed by atoms with E-state index in [4.69, 9.17) is 0 Å². The summed E-state index contributed by atoms with van der Waals surface area (Å²) in [4.78, 5) is 61.8. The van der Waals surface area contributed by atoms with Crippen LogP contribution in [0.1, 0.15) is 52.0 Å². The zero-order chi connectivity index (χ0) is 26.4. The number of nitrogens with one attached hydrogen (secondary N) is 3. The van der Waals surface area contributed by atoms with E-state index in [0.717, 1.165) is 17.3 Å². The number of ether oxygens (including phenoxy) is 1. The number of thioether (sulfide) groups is 1. The average Bonchev–Trinajstić information content (AvgIpc) is 2.81. The number of likely N-dealkylation sites (N-methyl/N-ethyl adjacent to an activating group) is 1. The van der Waals surface area contributed by atoms with Crippen LogP contribution in [0.5, 0.6) is 0 Å². The van der Waals surface area contributed by atoms with Crippen molar-refractivity contribution in [3.8, 4) is 0 Å². The fraction of sp³-hybridized carbons (Fsp3) is 0.560. The number of rotatable bonds is 14. The minimum Gasteiger partial charge on any atom is -0.469 e. The molecule has 0 radical (unpaired) electrons. The van der Waals surface area contributed by atoms with E-state index in [9.17, 15) is 24.0 Å². The molecule has 0 bridgehead atoms. The van der Waals surface area contributed by atoms with Gasteiger partial charge in [0.2, 0.25) is 17.7 Å². The summed E-state index contributed by atoms with van der Waals surface area (Å²) >= 11 is 0.865. The third-order valence-electron chi connectivity index (χ3n) is 5.18. The standard InChI is InChI=1S/C25H37N3O6S/c1-16(2)14-19(28-25(33)21(35-17(3)29)12-9-13-22(30)34-5)24(32)27-20(23(31)26-4)15-18-10-7-6-8-11-18/h6-8,10-11,16,19-21H,9,12-15H2,1-5H3,(H,26,31)(H,27,32)(H,28,33)/t19-,20-,21+/m0/s1. The average molecular weight is 508 g/mol. The third-order valence-corrected chi connectivity index (χ3v) is 6.24. The van der Waals surface area contributed by atoms with E-state index in [2.05, 4.69) is 20.7 Å². The largest absolute Gasteiger partial charge is 0.469 e. The number of methoxy groups -OCH3 is 1. The Balaban J connectivity index is 2.96. The molecule has 35 heavy (non-hydrogen) atoms. The first-order valence-electron chi connectivity index (χ1n) is 11.7. The molecule has 10 heteroatoms. The number of carbonyl (C=O) groups excluding carboxylic acids is 5. The van der Waals surface area contributed by atoms with Gasteiger partial charge in [-0.15, -0.1) is 0 Å². The van der Waals surface area contributed by atoms with Gasteiger partial charge in [-0.3, -0.25) is 24.0 Å². The van der Waals surface area contributed by atoms with Crippen molar-refractivity contribution >= 4 is 40.6 Å². The SMILES string of the molecule is CNC(=O)[C@H](Cc1ccccc1)NC(=O)[C@H](CC(C)C)NC(=O)[C@@H](CCCC(=O)OC)SC(C)=O. The van der Waals surface area contributed by atoms with Gasteiger partial charge in [-0.2, -0.15) is 0 Å². The molecule has 0 unspecified atom stereocenters. The van der Waals surface area contributed by atoms with E-state index in [1.54, 1.807) is 0 Å². The fourth-order valence-corrected chi connectivity index (χ4v) is 4.31. The molecule has 0 saturated carbocycles. The van der Waals surface area contributed by atoms with Gasteiger partial charge in [-0.25, -0.2) is 0 Å². The van der Waals surface area contributed by atoms with Crippen molar-refractivity contribution in [3.05, 3.63) is 35.9 Å². The molecule has 0 aliphatic heterocycles. The van der Waals surface area contributed by atoms with Crippen LogP contribution < -0.4 is 16.0 Å². The predicted octanol–water partition coefficient (Wildman–Crippen LogP) is 1.98. The maximum Gasteiger partial charge on any atom is 0.305 e. The van der Waals surface area contributed by atoms with E-state index in [-0.39, 0.29) is 29.8 Å². The summed E-state index contributed by atoms with van der Waals surface area (Å²) in [5.74, 6) is -1.60. The normalized spacial score (nSPS) is 13.3. The summed E-state index contributed by atoms with van der Waals surface area (Å²) in [7, 11) is 2.79. The van der Waals surface area contributed by atoms with Crippen molar-refractivity contribution in [3.63, 3.8) is 0 Å². The van der Waals surface area contributed by atoms with Crippen LogP contribution in [0.15, 0.2) is 30.3 Å². The first-order chi connectivity index (χ1) is 16.6. The molecule has 0 aliphatic carbocycles. The van der Waals surface area contributed by atoms with E-state index in [1.807, 2.05) is 44.2 Å². The molecule has 3 atom stereocenters. The van der Waals surface area contributed by atoms with Crippen LogP contribution in [-0.4, -0.2) is 60.3 Å². The van der Waals surface area contributed by atoms with Gasteiger partial charge in [-0.05, 0) is 30.7 Å². The van der Waals surface area contributed by atoms with Gasteiger partial charge in [0.05, 0.1) is 12.4 Å². The highest BCUT2D eigenvalue weighted by atomic mass is 32.2. The Hall–Kier alpha value is -2.88. The lowest BCUT2D eigenvalue weighted by molar-refractivity contribution is -0.140. The van der Waals surface area contributed by atoms with Crippen LogP contribution in [-0.2, 0) is 35.1 Å². The molecule has 0 fully saturated rings. The lowest BCUT2D eigenvalue weighted by Gasteiger charge is -2.25. The Morgan fingerprint density at radius 3 is 2.11 bits per heavy atom. The van der Waals surface area contributed by atoms with Crippen molar-refractivity contribution in [2.24, 2.45) is 5.92 Å². The van der Waals surface area contributed by atoms with E-state index >= 15 is 0 Å². The molecule has 0 aliphatic rings. The zero-order valence-corrected chi connectivity index (χ0v) is 21.9. The van der Waals surface area contributed by atoms with E-state index in [0.29, 0.717) is 19.3 Å². The second-order valence-corrected chi connectivity index (χ2v) is 10.0. The Labute approximate surface area is 211 Å². The van der Waals surface area contributed by atoms with Crippen LogP contribution in [0.2, 0.25) is 0 Å². The predicted molar refractivity (Wildman–Crippen MR) is 135 cm³/mol. The van der Waals surface area contributed by atoms with Crippen molar-refractivity contribution in [1.29, 1.82) is 0 Å². The molecule has 1 rings (SSSR count). The molecule has 0 saturated heterocycles. The van der Waals surface area contributed by atoms with Crippen LogP contribution >= 0.6 is 11.8 Å². The fourth-order valence-electron chi connectivity index (χ4n) is 3.45. The number of hydrogen-bond acceptors (Lipinski definition) is 7. The van der Waals surface area contributed by atoms with Gasteiger partial charge >= 0.3 is 5.97 Å². The Bertz CT molecular complexity index is 862. The van der Waals surface area contributed by atoms with Crippen molar-refractivity contribution < 1.29 is 28.7 Å². The molecule has 0 spiro atoms. The van der Waals surface area contributed by atoms with Crippen LogP contribution in [0.3, 0.4) is 0 Å². The molecule has 3 N–H and O–H groups in total. The highest BCUT2D eigenvalue weighted by Crippen LogP contribution is 2.20. The Morgan fingerprint density at radius 1 is 0.943 bits per heavy atom. The molecule has 1 aromatic carbocycles. The minimum atomic E-state index is -0.888. The lowest BCUT2D eigenvalue weighted by atomic mass is 10.0. The summed E-state index contributed by atoms with van der Waals surface area (Å²) < 4.78 is 4.62. The molecule has 194 valence electrons. The van der Waals surface area contributed by atoms with Crippen molar-refractivity contribution in [2.75, 3.05) is 14.2 Å². The van der Waals surface area contributed by atoms with Crippen molar-refractivity contribution in [2.45, 2.75) is 70.2 Å². The number of hydrogen-bond donors (Lipinski definition) is 3. The molecular formula is C25H37N3O6S. The van der Waals surface area contributed by atoms with Crippen LogP contribution in [0.25, 0.3) is 0 Å². The van der Waals surface area contributed by atoms with Gasteiger partial charge in [0.25, 0.3) is 0 Å². The smallest absolute Gasteiger partial charge is 0.305 e. The monoisotopic (exact) mass is 507 g/mol. The Morgan fingerprint density at radius 2 is 1.57 bits per heavy atom. The number of benzene rings is 1.